The number of amides is 1. The van der Waals surface area contributed by atoms with Crippen molar-refractivity contribution < 1.29 is 9.18 Å². The van der Waals surface area contributed by atoms with Crippen molar-refractivity contribution in [3.05, 3.63) is 47.6 Å². The first-order valence-corrected chi connectivity index (χ1v) is 8.66. The summed E-state index contributed by atoms with van der Waals surface area (Å²) in [7, 11) is 0. The van der Waals surface area contributed by atoms with Crippen LogP contribution >= 0.6 is 0 Å². The van der Waals surface area contributed by atoms with Crippen molar-refractivity contribution in [2.24, 2.45) is 0 Å². The second kappa shape index (κ2) is 6.34. The number of rotatable bonds is 2. The van der Waals surface area contributed by atoms with E-state index in [0.717, 1.165) is 37.8 Å². The first kappa shape index (κ1) is 15.3. The summed E-state index contributed by atoms with van der Waals surface area (Å²) < 4.78 is 15.7. The molecule has 24 heavy (non-hydrogen) atoms. The zero-order chi connectivity index (χ0) is 16.5. The van der Waals surface area contributed by atoms with Gasteiger partial charge in [0.05, 0.1) is 11.8 Å². The number of hydrogen-bond acceptors (Lipinski definition) is 3. The number of aryl methyl sites for hydroxylation is 1. The van der Waals surface area contributed by atoms with E-state index in [4.69, 9.17) is 0 Å². The van der Waals surface area contributed by atoms with Crippen LogP contribution in [0.15, 0.2) is 24.7 Å². The maximum Gasteiger partial charge on any atom is 0.255 e. The van der Waals surface area contributed by atoms with Crippen LogP contribution in [0.25, 0.3) is 0 Å². The van der Waals surface area contributed by atoms with Crippen LogP contribution in [0.1, 0.15) is 53.5 Å². The zero-order valence-electron chi connectivity index (χ0n) is 13.6. The van der Waals surface area contributed by atoms with Gasteiger partial charge in [-0.05, 0) is 38.2 Å². The number of halogens is 1. The molecule has 1 unspecified atom stereocenters. The average molecular weight is 328 g/mol. The van der Waals surface area contributed by atoms with E-state index < -0.39 is 5.82 Å². The van der Waals surface area contributed by atoms with Gasteiger partial charge in [-0.15, -0.1) is 0 Å². The second-order valence-corrected chi connectivity index (χ2v) is 6.70. The fraction of sp³-hybridized carbons (Fsp3) is 0.500. The molecule has 1 fully saturated rings. The molecule has 126 valence electrons. The van der Waals surface area contributed by atoms with E-state index in [2.05, 4.69) is 14.5 Å². The smallest absolute Gasteiger partial charge is 0.255 e. The summed E-state index contributed by atoms with van der Waals surface area (Å²) in [5, 5.41) is 0. The lowest BCUT2D eigenvalue weighted by atomic mass is 9.96. The number of aromatic nitrogens is 3. The predicted octanol–water partition coefficient (Wildman–Crippen LogP) is 2.77. The highest BCUT2D eigenvalue weighted by atomic mass is 19.1. The summed E-state index contributed by atoms with van der Waals surface area (Å²) in [6, 6.07) is 1.26. The number of carbonyl (C=O) groups is 1. The van der Waals surface area contributed by atoms with E-state index in [1.807, 2.05) is 11.1 Å². The zero-order valence-corrected chi connectivity index (χ0v) is 13.6. The highest BCUT2D eigenvalue weighted by Crippen LogP contribution is 2.29. The number of nitrogens with zero attached hydrogens (tertiary/aromatic N) is 4. The van der Waals surface area contributed by atoms with Crippen molar-refractivity contribution in [2.45, 2.75) is 44.6 Å². The Bertz CT molecular complexity index is 757. The number of piperidine rings is 1. The second-order valence-electron chi connectivity index (χ2n) is 6.70. The molecule has 2 aromatic heterocycles. The molecule has 5 nitrogen and oxygen atoms in total. The molecule has 0 radical (unpaired) electrons. The summed E-state index contributed by atoms with van der Waals surface area (Å²) in [5.41, 5.74) is 1.63. The molecule has 0 aliphatic carbocycles. The van der Waals surface area contributed by atoms with E-state index in [1.165, 1.54) is 30.8 Å². The molecule has 1 saturated heterocycles. The van der Waals surface area contributed by atoms with Gasteiger partial charge in [0.2, 0.25) is 0 Å². The largest absolute Gasteiger partial charge is 0.338 e. The maximum absolute atomic E-state index is 13.3. The van der Waals surface area contributed by atoms with Crippen molar-refractivity contribution in [3.63, 3.8) is 0 Å². The van der Waals surface area contributed by atoms with Gasteiger partial charge in [-0.2, -0.15) is 0 Å². The van der Waals surface area contributed by atoms with Crippen molar-refractivity contribution in [3.8, 4) is 0 Å². The number of pyridine rings is 1. The highest BCUT2D eigenvalue weighted by molar-refractivity contribution is 5.94. The molecular formula is C18H21FN4O. The highest BCUT2D eigenvalue weighted by Gasteiger charge is 2.29. The Balaban J connectivity index is 1.54. The Labute approximate surface area is 140 Å². The third-order valence-corrected chi connectivity index (χ3v) is 5.06. The molecule has 0 spiro atoms. The SMILES string of the molecule is O=C(c1cncc(F)c1)N1CCCC(c2ncc3n2CCCC3)C1. The van der Waals surface area contributed by atoms with Crippen LogP contribution in [-0.2, 0) is 13.0 Å². The van der Waals surface area contributed by atoms with Gasteiger partial charge in [0.1, 0.15) is 11.6 Å². The first-order chi connectivity index (χ1) is 11.7. The number of likely N-dealkylation sites (tertiary alicyclic amines) is 1. The lowest BCUT2D eigenvalue weighted by Gasteiger charge is -2.33. The van der Waals surface area contributed by atoms with E-state index in [1.54, 1.807) is 0 Å². The van der Waals surface area contributed by atoms with Gasteiger partial charge in [0.15, 0.2) is 0 Å². The first-order valence-electron chi connectivity index (χ1n) is 8.66. The average Bonchev–Trinajstić information content (AvgIpc) is 3.05. The molecule has 1 atom stereocenters. The monoisotopic (exact) mass is 328 g/mol. The molecule has 6 heteroatoms. The fourth-order valence-electron chi connectivity index (χ4n) is 3.87. The quantitative estimate of drug-likeness (QED) is 0.852. The molecule has 0 saturated carbocycles. The Morgan fingerprint density at radius 3 is 2.96 bits per heavy atom. The van der Waals surface area contributed by atoms with Gasteiger partial charge in [0.25, 0.3) is 5.91 Å². The molecule has 0 aromatic carbocycles. The van der Waals surface area contributed by atoms with E-state index in [0.29, 0.717) is 18.7 Å². The van der Waals surface area contributed by atoms with Gasteiger partial charge in [-0.25, -0.2) is 9.37 Å². The van der Waals surface area contributed by atoms with E-state index in [9.17, 15) is 9.18 Å². The Kier molecular flexibility index (Phi) is 4.04. The van der Waals surface area contributed by atoms with Crippen LogP contribution in [0.4, 0.5) is 4.39 Å². The summed E-state index contributed by atoms with van der Waals surface area (Å²) in [4.78, 5) is 22.9. The summed E-state index contributed by atoms with van der Waals surface area (Å²) in [6.45, 7) is 2.38. The summed E-state index contributed by atoms with van der Waals surface area (Å²) in [6.07, 6.45) is 10.1. The van der Waals surface area contributed by atoms with Crippen molar-refractivity contribution in [1.82, 2.24) is 19.4 Å². The van der Waals surface area contributed by atoms with Gasteiger partial charge >= 0.3 is 0 Å². The minimum absolute atomic E-state index is 0.142. The fourth-order valence-corrected chi connectivity index (χ4v) is 3.87. The van der Waals surface area contributed by atoms with Crippen LogP contribution in [0, 0.1) is 5.82 Å². The van der Waals surface area contributed by atoms with Gasteiger partial charge in [0, 0.05) is 43.6 Å². The molecule has 2 aliphatic heterocycles. The van der Waals surface area contributed by atoms with Crippen molar-refractivity contribution >= 4 is 5.91 Å². The summed E-state index contributed by atoms with van der Waals surface area (Å²) in [5.74, 6) is 0.754. The third kappa shape index (κ3) is 2.81. The van der Waals surface area contributed by atoms with Crippen LogP contribution in [0.2, 0.25) is 0 Å². The summed E-state index contributed by atoms with van der Waals surface area (Å²) >= 11 is 0. The number of hydrogen-bond donors (Lipinski definition) is 0. The molecule has 0 N–H and O–H groups in total. The Morgan fingerprint density at radius 2 is 2.08 bits per heavy atom. The molecule has 0 bridgehead atoms. The third-order valence-electron chi connectivity index (χ3n) is 5.06. The van der Waals surface area contributed by atoms with Gasteiger partial charge < -0.3 is 9.47 Å². The number of imidazole rings is 1. The van der Waals surface area contributed by atoms with Crippen LogP contribution in [0.3, 0.4) is 0 Å². The Morgan fingerprint density at radius 1 is 1.17 bits per heavy atom. The molecular weight excluding hydrogens is 307 g/mol. The van der Waals surface area contributed by atoms with Crippen molar-refractivity contribution in [1.29, 1.82) is 0 Å². The predicted molar refractivity (Wildman–Crippen MR) is 87.2 cm³/mol. The van der Waals surface area contributed by atoms with E-state index in [-0.39, 0.29) is 11.8 Å². The topological polar surface area (TPSA) is 51.0 Å². The lowest BCUT2D eigenvalue weighted by Crippen LogP contribution is -2.40. The minimum atomic E-state index is -0.475. The number of carbonyl (C=O) groups excluding carboxylic acids is 1. The molecule has 2 aromatic rings. The molecule has 4 rings (SSSR count). The van der Waals surface area contributed by atoms with Crippen LogP contribution in [0.5, 0.6) is 0 Å². The normalized spacial score (nSPS) is 20.7. The maximum atomic E-state index is 13.3. The number of fused-ring (bicyclic) bond motifs is 1. The molecule has 1 amide bonds. The van der Waals surface area contributed by atoms with Gasteiger partial charge in [-0.1, -0.05) is 0 Å². The molecule has 2 aliphatic rings. The van der Waals surface area contributed by atoms with E-state index >= 15 is 0 Å². The van der Waals surface area contributed by atoms with Crippen LogP contribution in [-0.4, -0.2) is 38.4 Å². The molecule has 4 heterocycles. The minimum Gasteiger partial charge on any atom is -0.338 e. The standard InChI is InChI=1S/C18H21FN4O/c19-15-8-14(9-20-10-15)18(24)22-6-3-4-13(12-22)17-21-11-16-5-1-2-7-23(16)17/h8-11,13H,1-7,12H2. The van der Waals surface area contributed by atoms with Crippen LogP contribution < -0.4 is 0 Å². The van der Waals surface area contributed by atoms with Crippen molar-refractivity contribution in [2.75, 3.05) is 13.1 Å². The van der Waals surface area contributed by atoms with Gasteiger partial charge in [-0.3, -0.25) is 9.78 Å². The lowest BCUT2D eigenvalue weighted by molar-refractivity contribution is 0.0702. The Hall–Kier alpha value is -2.24.